The molecule has 0 radical (unpaired) electrons. The average molecular weight is 322 g/mol. The van der Waals surface area contributed by atoms with Crippen molar-refractivity contribution in [3.63, 3.8) is 0 Å². The van der Waals surface area contributed by atoms with Gasteiger partial charge in [0.15, 0.2) is 0 Å². The Kier molecular flexibility index (Phi) is 3.57. The van der Waals surface area contributed by atoms with E-state index in [1.165, 1.54) is 12.1 Å². The van der Waals surface area contributed by atoms with E-state index >= 15 is 0 Å². The number of nitrogens with one attached hydrogen (secondary N) is 1. The van der Waals surface area contributed by atoms with Crippen molar-refractivity contribution < 1.29 is 9.18 Å². The summed E-state index contributed by atoms with van der Waals surface area (Å²) in [5, 5.41) is 3.02. The summed E-state index contributed by atoms with van der Waals surface area (Å²) < 4.78 is 14.7. The van der Waals surface area contributed by atoms with Crippen LogP contribution in [-0.2, 0) is 0 Å². The first-order valence-corrected chi connectivity index (χ1v) is 7.71. The summed E-state index contributed by atoms with van der Waals surface area (Å²) in [7, 11) is 0. The van der Waals surface area contributed by atoms with Crippen molar-refractivity contribution >= 4 is 5.91 Å². The van der Waals surface area contributed by atoms with E-state index in [0.717, 1.165) is 12.0 Å². The van der Waals surface area contributed by atoms with Crippen molar-refractivity contribution in [3.05, 3.63) is 78.3 Å². The maximum Gasteiger partial charge on any atom is 0.251 e. The van der Waals surface area contributed by atoms with Crippen LogP contribution in [0, 0.1) is 5.82 Å². The zero-order valence-electron chi connectivity index (χ0n) is 12.8. The van der Waals surface area contributed by atoms with E-state index in [1.807, 2.05) is 0 Å². The molecule has 24 heavy (non-hydrogen) atoms. The van der Waals surface area contributed by atoms with Crippen molar-refractivity contribution in [2.75, 3.05) is 0 Å². The number of pyridine rings is 1. The summed E-state index contributed by atoms with van der Waals surface area (Å²) in [6.07, 6.45) is 7.54. The highest BCUT2D eigenvalue weighted by atomic mass is 19.1. The molecule has 1 aromatic carbocycles. The molecule has 0 saturated heterocycles. The molecule has 4 rings (SSSR count). The van der Waals surface area contributed by atoms with Gasteiger partial charge in [0.1, 0.15) is 18.0 Å². The van der Waals surface area contributed by atoms with Crippen molar-refractivity contribution in [1.82, 2.24) is 19.9 Å². The minimum absolute atomic E-state index is 0.0906. The molecule has 2 aromatic heterocycles. The Morgan fingerprint density at radius 3 is 2.79 bits per heavy atom. The third kappa shape index (κ3) is 2.90. The zero-order valence-corrected chi connectivity index (χ0v) is 12.8. The summed E-state index contributed by atoms with van der Waals surface area (Å²) >= 11 is 0. The van der Waals surface area contributed by atoms with Gasteiger partial charge in [-0.3, -0.25) is 9.36 Å². The first-order valence-electron chi connectivity index (χ1n) is 7.71. The minimum atomic E-state index is -0.246. The molecule has 1 aliphatic rings. The Labute approximate surface area is 138 Å². The van der Waals surface area contributed by atoms with E-state index in [9.17, 15) is 9.18 Å². The summed E-state index contributed by atoms with van der Waals surface area (Å²) in [6.45, 7) is 0. The SMILES string of the molecule is O=C(NC1CC1c1ccc(F)cc1)c1ccnc(-n2ccnc2)c1. The number of imidazole rings is 1. The molecule has 2 unspecified atom stereocenters. The molecule has 120 valence electrons. The monoisotopic (exact) mass is 322 g/mol. The maximum atomic E-state index is 13.0. The van der Waals surface area contributed by atoms with Gasteiger partial charge in [-0.15, -0.1) is 0 Å². The van der Waals surface area contributed by atoms with E-state index in [0.29, 0.717) is 11.4 Å². The quantitative estimate of drug-likeness (QED) is 0.803. The number of carbonyl (C=O) groups is 1. The number of hydrogen-bond donors (Lipinski definition) is 1. The fraction of sp³-hybridized carbons (Fsp3) is 0.167. The summed E-state index contributed by atoms with van der Waals surface area (Å²) in [5.74, 6) is 0.521. The number of aromatic nitrogens is 3. The lowest BCUT2D eigenvalue weighted by Crippen LogP contribution is -2.26. The Bertz CT molecular complexity index is 861. The molecular weight excluding hydrogens is 307 g/mol. The molecule has 5 nitrogen and oxygen atoms in total. The molecule has 2 heterocycles. The Morgan fingerprint density at radius 2 is 2.04 bits per heavy atom. The van der Waals surface area contributed by atoms with Gasteiger partial charge < -0.3 is 5.32 Å². The zero-order chi connectivity index (χ0) is 16.5. The third-order valence-electron chi connectivity index (χ3n) is 4.18. The highest BCUT2D eigenvalue weighted by Gasteiger charge is 2.39. The Hall–Kier alpha value is -3.02. The van der Waals surface area contributed by atoms with Crippen molar-refractivity contribution in [3.8, 4) is 5.82 Å². The van der Waals surface area contributed by atoms with Crippen molar-refractivity contribution in [2.45, 2.75) is 18.4 Å². The van der Waals surface area contributed by atoms with Gasteiger partial charge in [-0.1, -0.05) is 12.1 Å². The fourth-order valence-electron chi connectivity index (χ4n) is 2.78. The average Bonchev–Trinajstić information content (AvgIpc) is 3.14. The first-order chi connectivity index (χ1) is 11.7. The highest BCUT2D eigenvalue weighted by Crippen LogP contribution is 2.40. The maximum absolute atomic E-state index is 13.0. The number of benzene rings is 1. The molecule has 6 heteroatoms. The van der Waals surface area contributed by atoms with E-state index in [4.69, 9.17) is 0 Å². The molecular formula is C18H15FN4O. The lowest BCUT2D eigenvalue weighted by molar-refractivity contribution is 0.0950. The first kappa shape index (κ1) is 14.6. The molecule has 3 aromatic rings. The highest BCUT2D eigenvalue weighted by molar-refractivity contribution is 5.95. The number of hydrogen-bond acceptors (Lipinski definition) is 3. The normalized spacial score (nSPS) is 19.0. The fourth-order valence-corrected chi connectivity index (χ4v) is 2.78. The van der Waals surface area contributed by atoms with E-state index in [-0.39, 0.29) is 23.7 Å². The van der Waals surface area contributed by atoms with Crippen LogP contribution < -0.4 is 5.32 Å². The topological polar surface area (TPSA) is 59.8 Å². The van der Waals surface area contributed by atoms with Crippen LogP contribution in [0.15, 0.2) is 61.3 Å². The number of rotatable bonds is 4. The molecule has 1 fully saturated rings. The van der Waals surface area contributed by atoms with Crippen molar-refractivity contribution in [2.24, 2.45) is 0 Å². The van der Waals surface area contributed by atoms with Crippen LogP contribution in [0.3, 0.4) is 0 Å². The summed E-state index contributed by atoms with van der Waals surface area (Å²) in [5.41, 5.74) is 1.61. The van der Waals surface area contributed by atoms with Gasteiger partial charge in [0.2, 0.25) is 0 Å². The van der Waals surface area contributed by atoms with E-state index < -0.39 is 0 Å². The van der Waals surface area contributed by atoms with Gasteiger partial charge in [-0.25, -0.2) is 14.4 Å². The van der Waals surface area contributed by atoms with Gasteiger partial charge in [0, 0.05) is 36.1 Å². The van der Waals surface area contributed by atoms with E-state index in [2.05, 4.69) is 15.3 Å². The summed E-state index contributed by atoms with van der Waals surface area (Å²) in [4.78, 5) is 20.6. The van der Waals surface area contributed by atoms with Crippen LogP contribution in [0.25, 0.3) is 5.82 Å². The van der Waals surface area contributed by atoms with Gasteiger partial charge in [-0.2, -0.15) is 0 Å². The molecule has 1 saturated carbocycles. The predicted octanol–water partition coefficient (Wildman–Crippen LogP) is 2.69. The second kappa shape index (κ2) is 5.88. The van der Waals surface area contributed by atoms with Gasteiger partial charge in [-0.05, 0) is 36.2 Å². The predicted molar refractivity (Wildman–Crippen MR) is 86.4 cm³/mol. The third-order valence-corrected chi connectivity index (χ3v) is 4.18. The molecule has 1 amide bonds. The van der Waals surface area contributed by atoms with Crippen LogP contribution in [0.2, 0.25) is 0 Å². The molecule has 1 N–H and O–H groups in total. The second-order valence-corrected chi connectivity index (χ2v) is 5.85. The Balaban J connectivity index is 1.44. The molecule has 2 atom stereocenters. The molecule has 0 spiro atoms. The number of carbonyl (C=O) groups excluding carboxylic acids is 1. The smallest absolute Gasteiger partial charge is 0.251 e. The summed E-state index contributed by atoms with van der Waals surface area (Å²) in [6, 6.07) is 9.95. The number of halogens is 1. The number of amides is 1. The van der Waals surface area contributed by atoms with E-state index in [1.54, 1.807) is 53.8 Å². The lowest BCUT2D eigenvalue weighted by atomic mass is 10.1. The molecule has 0 aliphatic heterocycles. The van der Waals surface area contributed by atoms with Crippen LogP contribution >= 0.6 is 0 Å². The molecule has 0 bridgehead atoms. The van der Waals surface area contributed by atoms with Crippen LogP contribution in [0.5, 0.6) is 0 Å². The second-order valence-electron chi connectivity index (χ2n) is 5.85. The van der Waals surface area contributed by atoms with Gasteiger partial charge >= 0.3 is 0 Å². The lowest BCUT2D eigenvalue weighted by Gasteiger charge is -2.07. The van der Waals surface area contributed by atoms with Crippen molar-refractivity contribution in [1.29, 1.82) is 0 Å². The largest absolute Gasteiger partial charge is 0.349 e. The van der Waals surface area contributed by atoms with Crippen LogP contribution in [0.1, 0.15) is 28.3 Å². The van der Waals surface area contributed by atoms with Gasteiger partial charge in [0.25, 0.3) is 5.91 Å². The van der Waals surface area contributed by atoms with Crippen LogP contribution in [-0.4, -0.2) is 26.5 Å². The minimum Gasteiger partial charge on any atom is -0.349 e. The number of nitrogens with zero attached hydrogens (tertiary/aromatic N) is 3. The Morgan fingerprint density at radius 1 is 1.21 bits per heavy atom. The van der Waals surface area contributed by atoms with Gasteiger partial charge in [0.05, 0.1) is 0 Å². The standard InChI is InChI=1S/C18H15FN4O/c19-14-3-1-12(2-4-14)15-10-16(15)22-18(24)13-5-6-21-17(9-13)23-8-7-20-11-23/h1-9,11,15-16H,10H2,(H,22,24). The van der Waals surface area contributed by atoms with Crippen LogP contribution in [0.4, 0.5) is 4.39 Å². The molecule has 1 aliphatic carbocycles.